The molecule has 1 aliphatic heterocycles. The molecule has 3 aromatic carbocycles. The number of rotatable bonds is 7. The molecule has 1 aliphatic rings. The molecule has 0 radical (unpaired) electrons. The van der Waals surface area contributed by atoms with Gasteiger partial charge >= 0.3 is 0 Å². The molecule has 1 aromatic heterocycles. The maximum Gasteiger partial charge on any atom is 0.244 e. The number of benzene rings is 3. The average molecular weight is 482 g/mol. The number of phenolic OH excluding ortho intramolecular Hbond substituents is 1. The molecule has 1 saturated heterocycles. The normalized spacial score (nSPS) is 15.3. The lowest BCUT2D eigenvalue weighted by Gasteiger charge is -2.21. The molecule has 180 valence electrons. The molecule has 0 bridgehead atoms. The maximum atomic E-state index is 14.0. The molecule has 7 nitrogen and oxygen atoms in total. The lowest BCUT2D eigenvalue weighted by molar-refractivity contribution is -0.118. The van der Waals surface area contributed by atoms with E-state index >= 15 is 0 Å². The van der Waals surface area contributed by atoms with Gasteiger partial charge in [0.2, 0.25) is 5.91 Å². The molecule has 0 aliphatic carbocycles. The highest BCUT2D eigenvalue weighted by molar-refractivity contribution is 6.02. The lowest BCUT2D eigenvalue weighted by Crippen LogP contribution is -2.38. The van der Waals surface area contributed by atoms with E-state index in [2.05, 4.69) is 10.3 Å². The van der Waals surface area contributed by atoms with Crippen LogP contribution in [0.15, 0.2) is 79.3 Å². The largest absolute Gasteiger partial charge is 0.508 e. The minimum absolute atomic E-state index is 0.0113. The highest BCUT2D eigenvalue weighted by Crippen LogP contribution is 2.34. The first kappa shape index (κ1) is 23.3. The van der Waals surface area contributed by atoms with Gasteiger partial charge in [-0.05, 0) is 47.9 Å². The second kappa shape index (κ2) is 10.0. The van der Waals surface area contributed by atoms with E-state index in [1.165, 1.54) is 12.1 Å². The maximum absolute atomic E-state index is 14.0. The van der Waals surface area contributed by atoms with Crippen molar-refractivity contribution in [3.63, 3.8) is 0 Å². The first-order chi connectivity index (χ1) is 17.5. The summed E-state index contributed by atoms with van der Waals surface area (Å²) in [5.74, 6) is -0.379. The summed E-state index contributed by atoms with van der Waals surface area (Å²) >= 11 is 0. The van der Waals surface area contributed by atoms with Gasteiger partial charge < -0.3 is 19.9 Å². The summed E-state index contributed by atoms with van der Waals surface area (Å²) in [7, 11) is 0. The van der Waals surface area contributed by atoms with Gasteiger partial charge in [0, 0.05) is 31.4 Å². The van der Waals surface area contributed by atoms with E-state index in [0.29, 0.717) is 26.1 Å². The smallest absolute Gasteiger partial charge is 0.244 e. The number of imidazole rings is 1. The van der Waals surface area contributed by atoms with Crippen molar-refractivity contribution >= 4 is 11.6 Å². The van der Waals surface area contributed by atoms with Crippen LogP contribution in [0.5, 0.6) is 5.75 Å². The number of hydrogen-bond acceptors (Lipinski definition) is 5. The van der Waals surface area contributed by atoms with Crippen LogP contribution in [-0.4, -0.2) is 33.2 Å². The van der Waals surface area contributed by atoms with Gasteiger partial charge in [0.25, 0.3) is 0 Å². The van der Waals surface area contributed by atoms with Crippen LogP contribution in [0, 0.1) is 17.1 Å². The van der Waals surface area contributed by atoms with Crippen LogP contribution in [0.4, 0.5) is 10.1 Å². The van der Waals surface area contributed by atoms with E-state index in [4.69, 9.17) is 5.26 Å². The minimum atomic E-state index is -0.544. The van der Waals surface area contributed by atoms with Crippen LogP contribution >= 0.6 is 0 Å². The summed E-state index contributed by atoms with van der Waals surface area (Å²) in [5.41, 5.74) is 4.14. The van der Waals surface area contributed by atoms with E-state index in [1.54, 1.807) is 41.7 Å². The number of halogens is 1. The third kappa shape index (κ3) is 4.69. The van der Waals surface area contributed by atoms with Crippen LogP contribution in [0.1, 0.15) is 23.2 Å². The summed E-state index contributed by atoms with van der Waals surface area (Å²) in [6.07, 6.45) is 4.05. The Bertz CT molecular complexity index is 1460. The summed E-state index contributed by atoms with van der Waals surface area (Å²) in [6.45, 7) is 1.41. The second-order valence-corrected chi connectivity index (χ2v) is 8.72. The molecule has 36 heavy (non-hydrogen) atoms. The summed E-state index contributed by atoms with van der Waals surface area (Å²) in [5, 5.41) is 22.2. The Balaban J connectivity index is 1.27. The average Bonchev–Trinajstić information content (AvgIpc) is 3.48. The van der Waals surface area contributed by atoms with E-state index in [-0.39, 0.29) is 23.3 Å². The molecule has 5 rings (SSSR count). The van der Waals surface area contributed by atoms with Crippen molar-refractivity contribution in [2.45, 2.75) is 25.6 Å². The fourth-order valence-electron chi connectivity index (χ4n) is 4.54. The minimum Gasteiger partial charge on any atom is -0.508 e. The fourth-order valence-corrected chi connectivity index (χ4v) is 4.54. The van der Waals surface area contributed by atoms with Gasteiger partial charge in [0.1, 0.15) is 17.6 Å². The van der Waals surface area contributed by atoms with Crippen molar-refractivity contribution in [1.29, 1.82) is 5.26 Å². The topological polar surface area (TPSA) is 94.2 Å². The highest BCUT2D eigenvalue weighted by atomic mass is 19.1. The summed E-state index contributed by atoms with van der Waals surface area (Å²) in [4.78, 5) is 19.3. The van der Waals surface area contributed by atoms with E-state index < -0.39 is 5.82 Å². The third-order valence-corrected chi connectivity index (χ3v) is 6.39. The van der Waals surface area contributed by atoms with Crippen LogP contribution in [0.3, 0.4) is 0 Å². The summed E-state index contributed by atoms with van der Waals surface area (Å²) in [6, 6.07) is 20.7. The van der Waals surface area contributed by atoms with Crippen molar-refractivity contribution in [3.8, 4) is 22.9 Å². The van der Waals surface area contributed by atoms with Crippen LogP contribution in [-0.2, 0) is 17.9 Å². The van der Waals surface area contributed by atoms with Crippen molar-refractivity contribution < 1.29 is 14.3 Å². The number of phenols is 1. The molecule has 0 unspecified atom stereocenters. The molecule has 1 atom stereocenters. The van der Waals surface area contributed by atoms with Gasteiger partial charge in [-0.3, -0.25) is 4.79 Å². The molecule has 0 saturated carbocycles. The Morgan fingerprint density at radius 2 is 2.00 bits per heavy atom. The monoisotopic (exact) mass is 481 g/mol. The van der Waals surface area contributed by atoms with Crippen LogP contribution in [0.25, 0.3) is 11.1 Å². The lowest BCUT2D eigenvalue weighted by atomic mass is 10.0. The highest BCUT2D eigenvalue weighted by Gasteiger charge is 2.33. The first-order valence-corrected chi connectivity index (χ1v) is 11.6. The molecule has 1 amide bonds. The van der Waals surface area contributed by atoms with Crippen LogP contribution in [0.2, 0.25) is 0 Å². The number of aromatic hydroxyl groups is 1. The van der Waals surface area contributed by atoms with Gasteiger partial charge in [-0.1, -0.05) is 36.4 Å². The Morgan fingerprint density at radius 1 is 1.14 bits per heavy atom. The zero-order valence-electron chi connectivity index (χ0n) is 19.4. The second-order valence-electron chi connectivity index (χ2n) is 8.72. The number of aromatic nitrogens is 2. The number of para-hydroxylation sites is 1. The number of nitrogens with zero attached hydrogens (tertiary/aromatic N) is 4. The molecular formula is C28H24FN5O2. The van der Waals surface area contributed by atoms with Crippen molar-refractivity contribution in [1.82, 2.24) is 14.9 Å². The van der Waals surface area contributed by atoms with Gasteiger partial charge in [-0.25, -0.2) is 9.37 Å². The van der Waals surface area contributed by atoms with Gasteiger partial charge in [0.05, 0.1) is 29.3 Å². The van der Waals surface area contributed by atoms with Gasteiger partial charge in [-0.2, -0.15) is 5.26 Å². The number of amides is 1. The van der Waals surface area contributed by atoms with Crippen molar-refractivity contribution in [3.05, 3.63) is 102 Å². The number of nitriles is 1. The van der Waals surface area contributed by atoms with E-state index in [0.717, 1.165) is 28.1 Å². The van der Waals surface area contributed by atoms with Crippen molar-refractivity contribution in [2.24, 2.45) is 0 Å². The number of carbonyl (C=O) groups excluding carboxylic acids is 1. The SMILES string of the molecule is N#Cc1ccc(Cn2cncc2CN[C@H]2CCN(c3ccccc3-c3cccc(O)c3)C2=O)cc1F. The first-order valence-electron chi connectivity index (χ1n) is 11.6. The zero-order chi connectivity index (χ0) is 25.1. The number of hydrogen-bond donors (Lipinski definition) is 2. The molecule has 2 heterocycles. The molecule has 2 N–H and O–H groups in total. The molecule has 4 aromatic rings. The quantitative estimate of drug-likeness (QED) is 0.412. The zero-order valence-corrected chi connectivity index (χ0v) is 19.4. The van der Waals surface area contributed by atoms with Crippen LogP contribution < -0.4 is 10.2 Å². The predicted molar refractivity (Wildman–Crippen MR) is 134 cm³/mol. The standard InChI is InChI=1S/C28H24FN5O2/c29-25-12-19(8-9-21(25)14-30)17-33-18-31-15-22(33)16-32-26-10-11-34(28(26)36)27-7-2-1-6-24(27)20-4-3-5-23(35)13-20/h1-9,12-13,15,18,26,32,35H,10-11,16-17H2/t26-/m0/s1. The fraction of sp³-hybridized carbons (Fsp3) is 0.179. The summed E-state index contributed by atoms with van der Waals surface area (Å²) < 4.78 is 15.9. The van der Waals surface area contributed by atoms with Gasteiger partial charge in [0.15, 0.2) is 0 Å². The van der Waals surface area contributed by atoms with E-state index in [9.17, 15) is 14.3 Å². The molecular weight excluding hydrogens is 457 g/mol. The number of carbonyl (C=O) groups is 1. The van der Waals surface area contributed by atoms with E-state index in [1.807, 2.05) is 41.0 Å². The Kier molecular flexibility index (Phi) is 6.48. The Labute approximate surface area is 208 Å². The molecule has 0 spiro atoms. The predicted octanol–water partition coefficient (Wildman–Crippen LogP) is 4.21. The Hall–Kier alpha value is -4.48. The molecule has 1 fully saturated rings. The van der Waals surface area contributed by atoms with Crippen molar-refractivity contribution in [2.75, 3.05) is 11.4 Å². The molecule has 8 heteroatoms. The number of nitrogens with one attached hydrogen (secondary N) is 1. The number of anilines is 1. The third-order valence-electron chi connectivity index (χ3n) is 6.39. The Morgan fingerprint density at radius 3 is 2.81 bits per heavy atom. The van der Waals surface area contributed by atoms with Gasteiger partial charge in [-0.15, -0.1) is 0 Å².